The molecule has 0 saturated carbocycles. The van der Waals surface area contributed by atoms with Gasteiger partial charge in [0, 0.05) is 56.2 Å². The normalized spacial score (nSPS) is 14.6. The van der Waals surface area contributed by atoms with Gasteiger partial charge in [0.05, 0.1) is 14.2 Å². The van der Waals surface area contributed by atoms with Gasteiger partial charge in [-0.25, -0.2) is 0 Å². The zero-order valence-corrected chi connectivity index (χ0v) is 16.6. The molecule has 1 aromatic carbocycles. The van der Waals surface area contributed by atoms with E-state index in [-0.39, 0.29) is 5.91 Å². The smallest absolute Gasteiger partial charge is 0.254 e. The van der Waals surface area contributed by atoms with Gasteiger partial charge in [-0.05, 0) is 36.2 Å². The lowest BCUT2D eigenvalue weighted by Crippen LogP contribution is -2.48. The Morgan fingerprint density at radius 3 is 2.46 bits per heavy atom. The number of hydrogen-bond donors (Lipinski definition) is 0. The molecule has 0 unspecified atom stereocenters. The van der Waals surface area contributed by atoms with Crippen LogP contribution in [0.3, 0.4) is 0 Å². The maximum absolute atomic E-state index is 13.1. The van der Waals surface area contributed by atoms with Gasteiger partial charge in [0.1, 0.15) is 0 Å². The zero-order chi connectivity index (χ0) is 19.9. The zero-order valence-electron chi connectivity index (χ0n) is 16.6. The van der Waals surface area contributed by atoms with Crippen LogP contribution in [0.25, 0.3) is 0 Å². The summed E-state index contributed by atoms with van der Waals surface area (Å²) in [5.41, 5.74) is 2.76. The Kier molecular flexibility index (Phi) is 6.66. The van der Waals surface area contributed by atoms with Crippen LogP contribution in [-0.2, 0) is 13.0 Å². The second-order valence-electron chi connectivity index (χ2n) is 6.79. The van der Waals surface area contributed by atoms with Crippen LogP contribution in [0.1, 0.15) is 21.5 Å². The minimum absolute atomic E-state index is 0.0230. The SMILES string of the molecule is C=CCc1cc(C(=O)N2CCN(Cc3ccncc3)CC2)cc(OC)c1OC. The van der Waals surface area contributed by atoms with Crippen LogP contribution in [0.5, 0.6) is 11.5 Å². The van der Waals surface area contributed by atoms with E-state index >= 15 is 0 Å². The Balaban J connectivity index is 1.69. The van der Waals surface area contributed by atoms with E-state index < -0.39 is 0 Å². The van der Waals surface area contributed by atoms with Gasteiger partial charge in [-0.1, -0.05) is 6.08 Å². The van der Waals surface area contributed by atoms with Gasteiger partial charge < -0.3 is 14.4 Å². The van der Waals surface area contributed by atoms with Crippen molar-refractivity contribution in [1.82, 2.24) is 14.8 Å². The predicted molar refractivity (Wildman–Crippen MR) is 109 cm³/mol. The minimum Gasteiger partial charge on any atom is -0.493 e. The van der Waals surface area contributed by atoms with Crippen LogP contribution in [0.4, 0.5) is 0 Å². The molecule has 2 heterocycles. The summed E-state index contributed by atoms with van der Waals surface area (Å²) in [4.78, 5) is 21.4. The molecule has 1 saturated heterocycles. The second kappa shape index (κ2) is 9.37. The fraction of sp³-hybridized carbons (Fsp3) is 0.364. The van der Waals surface area contributed by atoms with Gasteiger partial charge in [-0.2, -0.15) is 0 Å². The third-order valence-corrected chi connectivity index (χ3v) is 4.98. The van der Waals surface area contributed by atoms with Crippen molar-refractivity contribution in [1.29, 1.82) is 0 Å². The van der Waals surface area contributed by atoms with E-state index in [2.05, 4.69) is 16.5 Å². The van der Waals surface area contributed by atoms with E-state index in [0.717, 1.165) is 25.2 Å². The molecule has 28 heavy (non-hydrogen) atoms. The molecule has 1 aliphatic rings. The van der Waals surface area contributed by atoms with Crippen LogP contribution >= 0.6 is 0 Å². The van der Waals surface area contributed by atoms with Crippen molar-refractivity contribution in [2.45, 2.75) is 13.0 Å². The van der Waals surface area contributed by atoms with E-state index in [0.29, 0.717) is 36.6 Å². The number of benzene rings is 1. The lowest BCUT2D eigenvalue weighted by Gasteiger charge is -2.35. The number of amides is 1. The van der Waals surface area contributed by atoms with Crippen molar-refractivity contribution in [2.75, 3.05) is 40.4 Å². The highest BCUT2D eigenvalue weighted by atomic mass is 16.5. The van der Waals surface area contributed by atoms with Gasteiger partial charge in [-0.15, -0.1) is 6.58 Å². The molecule has 0 bridgehead atoms. The molecule has 0 N–H and O–H groups in total. The fourth-order valence-electron chi connectivity index (χ4n) is 3.51. The summed E-state index contributed by atoms with van der Waals surface area (Å²) < 4.78 is 10.9. The van der Waals surface area contributed by atoms with E-state index in [1.165, 1.54) is 5.56 Å². The van der Waals surface area contributed by atoms with E-state index in [1.807, 2.05) is 35.5 Å². The summed E-state index contributed by atoms with van der Waals surface area (Å²) >= 11 is 0. The molecule has 1 fully saturated rings. The van der Waals surface area contributed by atoms with Crippen LogP contribution in [0.15, 0.2) is 49.3 Å². The molecule has 0 atom stereocenters. The van der Waals surface area contributed by atoms with E-state index in [1.54, 1.807) is 26.4 Å². The molecule has 3 rings (SSSR count). The maximum Gasteiger partial charge on any atom is 0.254 e. The largest absolute Gasteiger partial charge is 0.493 e. The van der Waals surface area contributed by atoms with E-state index in [4.69, 9.17) is 9.47 Å². The highest BCUT2D eigenvalue weighted by Crippen LogP contribution is 2.33. The molecule has 1 aromatic heterocycles. The Morgan fingerprint density at radius 2 is 1.86 bits per heavy atom. The van der Waals surface area contributed by atoms with Gasteiger partial charge in [0.15, 0.2) is 11.5 Å². The third-order valence-electron chi connectivity index (χ3n) is 4.98. The standard InChI is InChI=1S/C22H27N3O3/c1-4-5-18-14-19(15-20(27-2)21(18)28-3)22(26)25-12-10-24(11-13-25)16-17-6-8-23-9-7-17/h4,6-9,14-15H,1,5,10-13,16H2,2-3H3. The molecule has 0 radical (unpaired) electrons. The Hall–Kier alpha value is -2.86. The average molecular weight is 381 g/mol. The van der Waals surface area contributed by atoms with Crippen molar-refractivity contribution in [3.05, 3.63) is 66.0 Å². The number of hydrogen-bond acceptors (Lipinski definition) is 5. The molecule has 1 aliphatic heterocycles. The summed E-state index contributed by atoms with van der Waals surface area (Å²) in [5.74, 6) is 1.25. The first-order valence-corrected chi connectivity index (χ1v) is 9.42. The molecule has 0 spiro atoms. The van der Waals surface area contributed by atoms with Crippen LogP contribution in [-0.4, -0.2) is 61.1 Å². The fourth-order valence-corrected chi connectivity index (χ4v) is 3.51. The topological polar surface area (TPSA) is 54.9 Å². The highest BCUT2D eigenvalue weighted by molar-refractivity contribution is 5.95. The first-order chi connectivity index (χ1) is 13.7. The van der Waals surface area contributed by atoms with Crippen LogP contribution in [0.2, 0.25) is 0 Å². The number of pyridine rings is 1. The number of rotatable bonds is 7. The number of nitrogens with zero attached hydrogens (tertiary/aromatic N) is 3. The maximum atomic E-state index is 13.1. The summed E-state index contributed by atoms with van der Waals surface area (Å²) in [7, 11) is 3.19. The lowest BCUT2D eigenvalue weighted by atomic mass is 10.0. The average Bonchev–Trinajstić information content (AvgIpc) is 2.74. The molecule has 2 aromatic rings. The summed E-state index contributed by atoms with van der Waals surface area (Å²) in [5, 5.41) is 0. The number of carbonyl (C=O) groups is 1. The van der Waals surface area contributed by atoms with Crippen molar-refractivity contribution in [2.24, 2.45) is 0 Å². The second-order valence-corrected chi connectivity index (χ2v) is 6.79. The van der Waals surface area contributed by atoms with Gasteiger partial charge in [-0.3, -0.25) is 14.7 Å². The third kappa shape index (κ3) is 4.51. The summed E-state index contributed by atoms with van der Waals surface area (Å²) in [6.45, 7) is 7.78. The van der Waals surface area contributed by atoms with E-state index in [9.17, 15) is 4.79 Å². The lowest BCUT2D eigenvalue weighted by molar-refractivity contribution is 0.0628. The molecule has 148 valence electrons. The number of allylic oxidation sites excluding steroid dienone is 1. The van der Waals surface area contributed by atoms with Crippen LogP contribution in [0, 0.1) is 0 Å². The number of piperazine rings is 1. The molecule has 6 heteroatoms. The molecule has 1 amide bonds. The van der Waals surface area contributed by atoms with Gasteiger partial charge in [0.2, 0.25) is 0 Å². The number of carbonyl (C=O) groups excluding carboxylic acids is 1. The number of methoxy groups -OCH3 is 2. The molecule has 6 nitrogen and oxygen atoms in total. The molecular weight excluding hydrogens is 354 g/mol. The van der Waals surface area contributed by atoms with Crippen molar-refractivity contribution >= 4 is 5.91 Å². The molecular formula is C22H27N3O3. The first kappa shape index (κ1) is 19.9. The number of aromatic nitrogens is 1. The number of ether oxygens (including phenoxy) is 2. The van der Waals surface area contributed by atoms with Gasteiger partial charge in [0.25, 0.3) is 5.91 Å². The Bertz CT molecular complexity index is 815. The molecule has 0 aliphatic carbocycles. The van der Waals surface area contributed by atoms with Crippen molar-refractivity contribution in [3.63, 3.8) is 0 Å². The monoisotopic (exact) mass is 381 g/mol. The minimum atomic E-state index is 0.0230. The van der Waals surface area contributed by atoms with Crippen molar-refractivity contribution < 1.29 is 14.3 Å². The summed E-state index contributed by atoms with van der Waals surface area (Å²) in [6.07, 6.45) is 6.03. The van der Waals surface area contributed by atoms with Crippen molar-refractivity contribution in [3.8, 4) is 11.5 Å². The highest BCUT2D eigenvalue weighted by Gasteiger charge is 2.24. The Labute approximate surface area is 166 Å². The Morgan fingerprint density at radius 1 is 1.14 bits per heavy atom. The van der Waals surface area contributed by atoms with Gasteiger partial charge >= 0.3 is 0 Å². The quantitative estimate of drug-likeness (QED) is 0.691. The summed E-state index contributed by atoms with van der Waals surface area (Å²) in [6, 6.07) is 7.70. The van der Waals surface area contributed by atoms with Crippen LogP contribution < -0.4 is 9.47 Å². The predicted octanol–water partition coefficient (Wildman–Crippen LogP) is 2.79. The first-order valence-electron chi connectivity index (χ1n) is 9.42.